The van der Waals surface area contributed by atoms with Gasteiger partial charge in [0.1, 0.15) is 6.54 Å². The molecule has 1 rings (SSSR count). The molecule has 0 saturated carbocycles. The van der Waals surface area contributed by atoms with Crippen LogP contribution >= 0.6 is 0 Å². The van der Waals surface area contributed by atoms with E-state index in [1.165, 1.54) is 0 Å². The van der Waals surface area contributed by atoms with Gasteiger partial charge in [-0.15, -0.1) is 0 Å². The minimum absolute atomic E-state index is 0.000353. The Morgan fingerprint density at radius 3 is 2.93 bits per heavy atom. The van der Waals surface area contributed by atoms with Gasteiger partial charge in [-0.3, -0.25) is 4.79 Å². The molecular formula is C9H10N4O. The second kappa shape index (κ2) is 4.33. The number of hydrogen-bond donors (Lipinski definition) is 1. The summed E-state index contributed by atoms with van der Waals surface area (Å²) in [4.78, 5) is 11.4. The average Bonchev–Trinajstić information content (AvgIpc) is 2.18. The van der Waals surface area contributed by atoms with Crippen LogP contribution in [0, 0.1) is 25.2 Å². The third-order valence-electron chi connectivity index (χ3n) is 1.67. The average molecular weight is 190 g/mol. The fraction of sp³-hybridized carbons (Fsp3) is 0.333. The number of aryl methyl sites for hydroxylation is 2. The molecule has 1 amide bonds. The maximum Gasteiger partial charge on any atom is 0.254 e. The number of nitrogens with zero attached hydrogens (tertiary/aromatic N) is 3. The van der Waals surface area contributed by atoms with Crippen molar-refractivity contribution >= 4 is 5.91 Å². The second-order valence-electron chi connectivity index (χ2n) is 2.83. The van der Waals surface area contributed by atoms with E-state index in [9.17, 15) is 4.79 Å². The molecule has 1 aromatic heterocycles. The monoisotopic (exact) mass is 190 g/mol. The summed E-state index contributed by atoms with van der Waals surface area (Å²) in [6.45, 7) is 3.46. The Hall–Kier alpha value is -1.96. The third kappa shape index (κ3) is 2.26. The highest BCUT2D eigenvalue weighted by molar-refractivity contribution is 5.95. The molecule has 0 atom stereocenters. The van der Waals surface area contributed by atoms with Gasteiger partial charge in [-0.2, -0.15) is 15.5 Å². The summed E-state index contributed by atoms with van der Waals surface area (Å²) in [5, 5.41) is 18.4. The number of carbonyl (C=O) groups excluding carboxylic acids is 1. The highest BCUT2D eigenvalue weighted by Gasteiger charge is 2.09. The zero-order valence-electron chi connectivity index (χ0n) is 8.03. The zero-order chi connectivity index (χ0) is 10.6. The van der Waals surface area contributed by atoms with Gasteiger partial charge in [0.15, 0.2) is 0 Å². The summed E-state index contributed by atoms with van der Waals surface area (Å²) in [6, 6.07) is 3.48. The molecule has 5 nitrogen and oxygen atoms in total. The number of carbonyl (C=O) groups is 1. The predicted molar refractivity (Wildman–Crippen MR) is 49.5 cm³/mol. The van der Waals surface area contributed by atoms with E-state index in [1.54, 1.807) is 19.9 Å². The lowest BCUT2D eigenvalue weighted by Gasteiger charge is -2.03. The lowest BCUT2D eigenvalue weighted by Crippen LogP contribution is -2.25. The number of amides is 1. The molecule has 0 bridgehead atoms. The smallest absolute Gasteiger partial charge is 0.254 e. The summed E-state index contributed by atoms with van der Waals surface area (Å²) < 4.78 is 0. The van der Waals surface area contributed by atoms with Crippen LogP contribution in [0.15, 0.2) is 6.07 Å². The minimum Gasteiger partial charge on any atom is -0.339 e. The Morgan fingerprint density at radius 1 is 1.57 bits per heavy atom. The number of rotatable bonds is 2. The quantitative estimate of drug-likeness (QED) is 0.682. The molecule has 0 aromatic carbocycles. The molecule has 0 aliphatic heterocycles. The lowest BCUT2D eigenvalue weighted by molar-refractivity contribution is 0.0957. The van der Waals surface area contributed by atoms with Gasteiger partial charge >= 0.3 is 0 Å². The van der Waals surface area contributed by atoms with E-state index in [2.05, 4.69) is 15.5 Å². The Kier molecular flexibility index (Phi) is 3.13. The molecule has 0 aliphatic carbocycles. The van der Waals surface area contributed by atoms with Crippen LogP contribution in [0.3, 0.4) is 0 Å². The van der Waals surface area contributed by atoms with Crippen molar-refractivity contribution in [2.45, 2.75) is 13.8 Å². The lowest BCUT2D eigenvalue weighted by atomic mass is 10.2. The van der Waals surface area contributed by atoms with Crippen LogP contribution in [0.25, 0.3) is 0 Å². The van der Waals surface area contributed by atoms with Gasteiger partial charge in [-0.25, -0.2) is 0 Å². The van der Waals surface area contributed by atoms with Gasteiger partial charge in [0.05, 0.1) is 23.0 Å². The summed E-state index contributed by atoms with van der Waals surface area (Å²) >= 11 is 0. The summed E-state index contributed by atoms with van der Waals surface area (Å²) in [6.07, 6.45) is 0. The highest BCUT2D eigenvalue weighted by Crippen LogP contribution is 2.04. The van der Waals surface area contributed by atoms with Crippen LogP contribution in [0.1, 0.15) is 21.7 Å². The van der Waals surface area contributed by atoms with Crippen molar-refractivity contribution in [2.24, 2.45) is 0 Å². The van der Waals surface area contributed by atoms with Crippen LogP contribution < -0.4 is 5.32 Å². The van der Waals surface area contributed by atoms with Crippen molar-refractivity contribution < 1.29 is 4.79 Å². The molecule has 0 radical (unpaired) electrons. The molecule has 0 spiro atoms. The van der Waals surface area contributed by atoms with Crippen molar-refractivity contribution in [2.75, 3.05) is 6.54 Å². The van der Waals surface area contributed by atoms with Crippen molar-refractivity contribution in [1.82, 2.24) is 15.5 Å². The first-order valence-electron chi connectivity index (χ1n) is 4.11. The molecule has 0 unspecified atom stereocenters. The first kappa shape index (κ1) is 10.1. The third-order valence-corrected chi connectivity index (χ3v) is 1.67. The van der Waals surface area contributed by atoms with Crippen LogP contribution in [-0.2, 0) is 0 Å². The summed E-state index contributed by atoms with van der Waals surface area (Å²) in [5.74, 6) is -0.290. The Balaban J connectivity index is 2.90. The van der Waals surface area contributed by atoms with E-state index in [0.29, 0.717) is 17.0 Å². The Labute approximate surface area is 81.8 Å². The topological polar surface area (TPSA) is 78.7 Å². The van der Waals surface area contributed by atoms with Gasteiger partial charge in [0, 0.05) is 0 Å². The number of nitriles is 1. The standard InChI is InChI=1S/C9H10N4O/c1-6-5-8(7(2)13-12-6)9(14)11-4-3-10/h5H,4H2,1-2H3,(H,11,14). The molecule has 0 aliphatic rings. The highest BCUT2D eigenvalue weighted by atomic mass is 16.1. The maximum absolute atomic E-state index is 11.4. The molecule has 1 heterocycles. The van der Waals surface area contributed by atoms with Crippen molar-refractivity contribution in [1.29, 1.82) is 5.26 Å². The van der Waals surface area contributed by atoms with E-state index in [4.69, 9.17) is 5.26 Å². The van der Waals surface area contributed by atoms with Crippen molar-refractivity contribution in [3.8, 4) is 6.07 Å². The van der Waals surface area contributed by atoms with E-state index in [1.807, 2.05) is 6.07 Å². The largest absolute Gasteiger partial charge is 0.339 e. The minimum atomic E-state index is -0.290. The molecule has 72 valence electrons. The molecule has 1 aromatic rings. The first-order valence-corrected chi connectivity index (χ1v) is 4.11. The van der Waals surface area contributed by atoms with Gasteiger partial charge < -0.3 is 5.32 Å². The van der Waals surface area contributed by atoms with E-state index in [0.717, 1.165) is 0 Å². The Morgan fingerprint density at radius 2 is 2.29 bits per heavy atom. The van der Waals surface area contributed by atoms with Gasteiger partial charge in [-0.1, -0.05) is 0 Å². The van der Waals surface area contributed by atoms with Crippen LogP contribution in [0.2, 0.25) is 0 Å². The molecule has 0 fully saturated rings. The van der Waals surface area contributed by atoms with Crippen LogP contribution in [-0.4, -0.2) is 22.6 Å². The molecule has 5 heteroatoms. The summed E-state index contributed by atoms with van der Waals surface area (Å²) in [7, 11) is 0. The number of hydrogen-bond acceptors (Lipinski definition) is 4. The normalized spacial score (nSPS) is 9.21. The van der Waals surface area contributed by atoms with Gasteiger partial charge in [0.2, 0.25) is 0 Å². The van der Waals surface area contributed by atoms with E-state index in [-0.39, 0.29) is 12.5 Å². The molecule has 0 saturated heterocycles. The van der Waals surface area contributed by atoms with Crippen LogP contribution in [0.5, 0.6) is 0 Å². The number of aromatic nitrogens is 2. The zero-order valence-corrected chi connectivity index (χ0v) is 8.03. The second-order valence-corrected chi connectivity index (χ2v) is 2.83. The van der Waals surface area contributed by atoms with E-state index < -0.39 is 0 Å². The van der Waals surface area contributed by atoms with Crippen LogP contribution in [0.4, 0.5) is 0 Å². The maximum atomic E-state index is 11.4. The Bertz CT molecular complexity index is 394. The van der Waals surface area contributed by atoms with E-state index >= 15 is 0 Å². The predicted octanol–water partition coefficient (Wildman–Crippen LogP) is 0.347. The summed E-state index contributed by atoms with van der Waals surface area (Å²) in [5.41, 5.74) is 1.71. The van der Waals surface area contributed by atoms with Gasteiger partial charge in [0.25, 0.3) is 5.91 Å². The fourth-order valence-electron chi connectivity index (χ4n) is 0.995. The number of nitrogens with one attached hydrogen (secondary N) is 1. The fourth-order valence-corrected chi connectivity index (χ4v) is 0.995. The molecule has 1 N–H and O–H groups in total. The molecular weight excluding hydrogens is 180 g/mol. The van der Waals surface area contributed by atoms with Crippen molar-refractivity contribution in [3.63, 3.8) is 0 Å². The molecule has 14 heavy (non-hydrogen) atoms. The first-order chi connectivity index (χ1) is 6.65. The van der Waals surface area contributed by atoms with Gasteiger partial charge in [-0.05, 0) is 19.9 Å². The SMILES string of the molecule is Cc1cc(C(=O)NCC#N)c(C)nn1. The van der Waals surface area contributed by atoms with Crippen molar-refractivity contribution in [3.05, 3.63) is 23.0 Å².